The summed E-state index contributed by atoms with van der Waals surface area (Å²) < 4.78 is 5.22. The molecule has 5 heteroatoms. The van der Waals surface area contributed by atoms with Gasteiger partial charge < -0.3 is 10.1 Å². The number of ether oxygens (including phenoxy) is 1. The standard InChI is InChI=1S/C16H19N3O2/c1-12(2)18-15-8-5-7-14(19-15)16(20)21-11-9-13-6-3-4-10-17-13/h3-8,10,12H,9,11H2,1-2H3,(H,18,19). The number of hydrogen-bond acceptors (Lipinski definition) is 5. The molecule has 0 fully saturated rings. The van der Waals surface area contributed by atoms with Crippen LogP contribution in [0.4, 0.5) is 5.82 Å². The third-order valence-corrected chi connectivity index (χ3v) is 2.71. The maximum atomic E-state index is 11.9. The Hall–Kier alpha value is -2.43. The molecule has 5 nitrogen and oxygen atoms in total. The van der Waals surface area contributed by atoms with Gasteiger partial charge in [0, 0.05) is 24.4 Å². The fraction of sp³-hybridized carbons (Fsp3) is 0.312. The van der Waals surface area contributed by atoms with Crippen LogP contribution in [0.1, 0.15) is 30.0 Å². The van der Waals surface area contributed by atoms with Gasteiger partial charge in [0.1, 0.15) is 5.82 Å². The Kier molecular flexibility index (Phi) is 5.26. The zero-order valence-corrected chi connectivity index (χ0v) is 12.2. The van der Waals surface area contributed by atoms with Gasteiger partial charge in [0.15, 0.2) is 5.69 Å². The monoisotopic (exact) mass is 285 g/mol. The molecular formula is C16H19N3O2. The predicted octanol–water partition coefficient (Wildman–Crippen LogP) is 2.70. The molecule has 0 saturated carbocycles. The minimum Gasteiger partial charge on any atom is -0.461 e. The van der Waals surface area contributed by atoms with Gasteiger partial charge in [-0.3, -0.25) is 4.98 Å². The van der Waals surface area contributed by atoms with Gasteiger partial charge in [-0.15, -0.1) is 0 Å². The number of esters is 1. The maximum absolute atomic E-state index is 11.9. The van der Waals surface area contributed by atoms with Crippen molar-refractivity contribution in [1.29, 1.82) is 0 Å². The van der Waals surface area contributed by atoms with Crippen molar-refractivity contribution in [2.75, 3.05) is 11.9 Å². The topological polar surface area (TPSA) is 64.1 Å². The minimum atomic E-state index is -0.418. The molecule has 110 valence electrons. The van der Waals surface area contributed by atoms with Crippen LogP contribution in [-0.2, 0) is 11.2 Å². The molecule has 0 saturated heterocycles. The van der Waals surface area contributed by atoms with Gasteiger partial charge in [-0.1, -0.05) is 12.1 Å². The van der Waals surface area contributed by atoms with Crippen molar-refractivity contribution >= 4 is 11.8 Å². The average Bonchev–Trinajstić information content (AvgIpc) is 2.48. The number of carbonyl (C=O) groups excluding carboxylic acids is 1. The summed E-state index contributed by atoms with van der Waals surface area (Å²) in [6, 6.07) is 11.2. The lowest BCUT2D eigenvalue weighted by Crippen LogP contribution is -2.14. The summed E-state index contributed by atoms with van der Waals surface area (Å²) >= 11 is 0. The number of carbonyl (C=O) groups is 1. The predicted molar refractivity (Wildman–Crippen MR) is 81.2 cm³/mol. The molecule has 0 atom stereocenters. The molecule has 0 aliphatic rings. The SMILES string of the molecule is CC(C)Nc1cccc(C(=O)OCCc2ccccn2)n1. The van der Waals surface area contributed by atoms with E-state index in [1.54, 1.807) is 18.3 Å². The van der Waals surface area contributed by atoms with Crippen LogP contribution in [0, 0.1) is 0 Å². The quantitative estimate of drug-likeness (QED) is 0.827. The van der Waals surface area contributed by atoms with Crippen LogP contribution in [0.2, 0.25) is 0 Å². The zero-order valence-electron chi connectivity index (χ0n) is 12.2. The summed E-state index contributed by atoms with van der Waals surface area (Å²) in [4.78, 5) is 20.4. The largest absolute Gasteiger partial charge is 0.461 e. The van der Waals surface area contributed by atoms with E-state index in [1.165, 1.54) is 0 Å². The van der Waals surface area contributed by atoms with Gasteiger partial charge in [0.2, 0.25) is 0 Å². The lowest BCUT2D eigenvalue weighted by atomic mass is 10.3. The van der Waals surface area contributed by atoms with E-state index in [9.17, 15) is 4.79 Å². The molecule has 0 aliphatic heterocycles. The number of nitrogens with one attached hydrogen (secondary N) is 1. The lowest BCUT2D eigenvalue weighted by Gasteiger charge is -2.10. The van der Waals surface area contributed by atoms with Crippen molar-refractivity contribution in [2.45, 2.75) is 26.3 Å². The molecule has 0 radical (unpaired) electrons. The Labute approximate surface area is 124 Å². The van der Waals surface area contributed by atoms with E-state index in [1.807, 2.05) is 38.1 Å². The number of hydrogen-bond donors (Lipinski definition) is 1. The maximum Gasteiger partial charge on any atom is 0.357 e. The molecule has 0 aliphatic carbocycles. The smallest absolute Gasteiger partial charge is 0.357 e. The molecule has 0 bridgehead atoms. The van der Waals surface area contributed by atoms with E-state index in [2.05, 4.69) is 15.3 Å². The van der Waals surface area contributed by atoms with Gasteiger partial charge in [-0.2, -0.15) is 0 Å². The van der Waals surface area contributed by atoms with Crippen molar-refractivity contribution in [2.24, 2.45) is 0 Å². The van der Waals surface area contributed by atoms with Crippen molar-refractivity contribution in [3.05, 3.63) is 54.0 Å². The molecule has 1 N–H and O–H groups in total. The highest BCUT2D eigenvalue weighted by molar-refractivity contribution is 5.87. The van der Waals surface area contributed by atoms with Crippen LogP contribution >= 0.6 is 0 Å². The first-order chi connectivity index (χ1) is 10.1. The lowest BCUT2D eigenvalue weighted by molar-refractivity contribution is 0.0501. The average molecular weight is 285 g/mol. The fourth-order valence-electron chi connectivity index (χ4n) is 1.79. The van der Waals surface area contributed by atoms with E-state index < -0.39 is 5.97 Å². The van der Waals surface area contributed by atoms with Gasteiger partial charge in [-0.25, -0.2) is 9.78 Å². The van der Waals surface area contributed by atoms with Crippen LogP contribution in [0.25, 0.3) is 0 Å². The van der Waals surface area contributed by atoms with Crippen molar-refractivity contribution < 1.29 is 9.53 Å². The van der Waals surface area contributed by atoms with Crippen molar-refractivity contribution in [1.82, 2.24) is 9.97 Å². The van der Waals surface area contributed by atoms with Crippen LogP contribution in [0.15, 0.2) is 42.6 Å². The molecule has 0 aromatic carbocycles. The molecule has 2 aromatic rings. The minimum absolute atomic E-state index is 0.257. The Morgan fingerprint density at radius 3 is 2.81 bits per heavy atom. The second-order valence-corrected chi connectivity index (χ2v) is 4.91. The molecular weight excluding hydrogens is 266 g/mol. The van der Waals surface area contributed by atoms with Gasteiger partial charge in [0.05, 0.1) is 6.61 Å². The number of rotatable bonds is 6. The number of pyridine rings is 2. The normalized spacial score (nSPS) is 10.4. The first kappa shape index (κ1) is 15.0. The first-order valence-corrected chi connectivity index (χ1v) is 6.96. The summed E-state index contributed by atoms with van der Waals surface area (Å²) in [6.45, 7) is 4.32. The highest BCUT2D eigenvalue weighted by atomic mass is 16.5. The van der Waals surface area contributed by atoms with Gasteiger partial charge in [0.25, 0.3) is 0 Å². The van der Waals surface area contributed by atoms with Crippen molar-refractivity contribution in [3.63, 3.8) is 0 Å². The molecule has 2 heterocycles. The molecule has 21 heavy (non-hydrogen) atoms. The number of nitrogens with zero attached hydrogens (tertiary/aromatic N) is 2. The fourth-order valence-corrected chi connectivity index (χ4v) is 1.79. The van der Waals surface area contributed by atoms with E-state index >= 15 is 0 Å². The van der Waals surface area contributed by atoms with E-state index in [4.69, 9.17) is 4.74 Å². The van der Waals surface area contributed by atoms with Crippen LogP contribution < -0.4 is 5.32 Å². The third kappa shape index (κ3) is 4.87. The number of anilines is 1. The molecule has 2 aromatic heterocycles. The highest BCUT2D eigenvalue weighted by Gasteiger charge is 2.10. The second-order valence-electron chi connectivity index (χ2n) is 4.91. The van der Waals surface area contributed by atoms with Gasteiger partial charge in [-0.05, 0) is 38.1 Å². The van der Waals surface area contributed by atoms with E-state index in [0.29, 0.717) is 24.5 Å². The van der Waals surface area contributed by atoms with Crippen LogP contribution in [0.5, 0.6) is 0 Å². The first-order valence-electron chi connectivity index (χ1n) is 6.96. The summed E-state index contributed by atoms with van der Waals surface area (Å²) in [5.74, 6) is 0.252. The summed E-state index contributed by atoms with van der Waals surface area (Å²) in [5, 5.41) is 3.15. The van der Waals surface area contributed by atoms with Crippen LogP contribution in [-0.4, -0.2) is 28.6 Å². The third-order valence-electron chi connectivity index (χ3n) is 2.71. The summed E-state index contributed by atoms with van der Waals surface area (Å²) in [6.07, 6.45) is 2.32. The molecule has 0 spiro atoms. The Morgan fingerprint density at radius 2 is 2.10 bits per heavy atom. The Bertz CT molecular complexity index is 585. The molecule has 0 unspecified atom stereocenters. The van der Waals surface area contributed by atoms with Crippen molar-refractivity contribution in [3.8, 4) is 0 Å². The Balaban J connectivity index is 1.88. The zero-order chi connectivity index (χ0) is 15.1. The summed E-state index contributed by atoms with van der Waals surface area (Å²) in [5.41, 5.74) is 1.20. The van der Waals surface area contributed by atoms with Crippen LogP contribution in [0.3, 0.4) is 0 Å². The summed E-state index contributed by atoms with van der Waals surface area (Å²) in [7, 11) is 0. The van der Waals surface area contributed by atoms with E-state index in [0.717, 1.165) is 5.69 Å². The molecule has 2 rings (SSSR count). The number of aromatic nitrogens is 2. The second kappa shape index (κ2) is 7.38. The van der Waals surface area contributed by atoms with Gasteiger partial charge >= 0.3 is 5.97 Å². The highest BCUT2D eigenvalue weighted by Crippen LogP contribution is 2.08. The molecule has 0 amide bonds. The van der Waals surface area contributed by atoms with E-state index in [-0.39, 0.29) is 6.04 Å². The Morgan fingerprint density at radius 1 is 1.24 bits per heavy atom.